The lowest BCUT2D eigenvalue weighted by Crippen LogP contribution is -2.32. The predicted octanol–water partition coefficient (Wildman–Crippen LogP) is -0.755. The quantitative estimate of drug-likeness (QED) is 0.527. The van der Waals surface area contributed by atoms with Gasteiger partial charge >= 0.3 is 5.56 Å². The molecule has 0 atom stereocenters. The molecule has 15 heavy (non-hydrogen) atoms. The lowest BCUT2D eigenvalue weighted by atomic mass is 10.4. The number of rotatable bonds is 1. The minimum absolute atomic E-state index is 0.0287. The standard InChI is InChI=1S/C8H13N5O2/c9-5-6(10)13(15)8(14)7(11-5)12-3-1-2-4-12/h15H,1-4,9-10H2. The second kappa shape index (κ2) is 3.34. The summed E-state index contributed by atoms with van der Waals surface area (Å²) in [5.41, 5.74) is 10.2. The molecule has 0 unspecified atom stereocenters. The smallest absolute Gasteiger partial charge is 0.327 e. The molecule has 0 aliphatic carbocycles. The van der Waals surface area contributed by atoms with Crippen molar-refractivity contribution in [1.82, 2.24) is 9.71 Å². The maximum atomic E-state index is 11.6. The molecule has 82 valence electrons. The van der Waals surface area contributed by atoms with E-state index in [0.717, 1.165) is 25.9 Å². The highest BCUT2D eigenvalue weighted by molar-refractivity contribution is 5.57. The van der Waals surface area contributed by atoms with Crippen molar-refractivity contribution in [2.75, 3.05) is 29.5 Å². The molecule has 1 aromatic heterocycles. The summed E-state index contributed by atoms with van der Waals surface area (Å²) < 4.78 is 0.343. The zero-order chi connectivity index (χ0) is 11.0. The number of hydrogen-bond donors (Lipinski definition) is 3. The molecule has 0 amide bonds. The van der Waals surface area contributed by atoms with Crippen LogP contribution in [0.4, 0.5) is 17.5 Å². The van der Waals surface area contributed by atoms with Crippen molar-refractivity contribution in [2.45, 2.75) is 12.8 Å². The van der Waals surface area contributed by atoms with Crippen LogP contribution in [0.5, 0.6) is 0 Å². The van der Waals surface area contributed by atoms with Gasteiger partial charge in [-0.15, -0.1) is 4.73 Å². The summed E-state index contributed by atoms with van der Waals surface area (Å²) in [4.78, 5) is 17.3. The maximum absolute atomic E-state index is 11.6. The normalized spacial score (nSPS) is 15.9. The van der Waals surface area contributed by atoms with Crippen LogP contribution in [0.1, 0.15) is 12.8 Å². The maximum Gasteiger partial charge on any atom is 0.327 e. The Bertz CT molecular complexity index is 435. The lowest BCUT2D eigenvalue weighted by molar-refractivity contribution is 0.181. The van der Waals surface area contributed by atoms with E-state index in [1.807, 2.05) is 0 Å². The third kappa shape index (κ3) is 1.45. The third-order valence-electron chi connectivity index (χ3n) is 2.51. The van der Waals surface area contributed by atoms with E-state index in [-0.39, 0.29) is 17.5 Å². The van der Waals surface area contributed by atoms with E-state index < -0.39 is 5.56 Å². The fourth-order valence-electron chi connectivity index (χ4n) is 1.67. The summed E-state index contributed by atoms with van der Waals surface area (Å²) >= 11 is 0. The van der Waals surface area contributed by atoms with Gasteiger partial charge in [0.1, 0.15) is 0 Å². The molecule has 0 radical (unpaired) electrons. The van der Waals surface area contributed by atoms with Crippen LogP contribution in [0.3, 0.4) is 0 Å². The number of nitrogens with two attached hydrogens (primary N) is 2. The third-order valence-corrected chi connectivity index (χ3v) is 2.51. The van der Waals surface area contributed by atoms with Crippen LogP contribution in [0.2, 0.25) is 0 Å². The Morgan fingerprint density at radius 2 is 1.87 bits per heavy atom. The molecule has 1 aromatic rings. The Hall–Kier alpha value is -1.92. The van der Waals surface area contributed by atoms with Gasteiger partial charge in [0.25, 0.3) is 0 Å². The predicted molar refractivity (Wildman–Crippen MR) is 56.0 cm³/mol. The van der Waals surface area contributed by atoms with Crippen molar-refractivity contribution < 1.29 is 5.21 Å². The number of nitrogen functional groups attached to an aromatic ring is 2. The highest BCUT2D eigenvalue weighted by Gasteiger charge is 2.20. The molecule has 7 heteroatoms. The van der Waals surface area contributed by atoms with Crippen molar-refractivity contribution in [3.05, 3.63) is 10.4 Å². The molecule has 7 nitrogen and oxygen atoms in total. The SMILES string of the molecule is Nc1nc(N2CCCC2)c(=O)n(O)c1N. The summed E-state index contributed by atoms with van der Waals surface area (Å²) in [7, 11) is 0. The van der Waals surface area contributed by atoms with Gasteiger partial charge in [0.2, 0.25) is 5.82 Å². The Morgan fingerprint density at radius 1 is 1.27 bits per heavy atom. The molecule has 0 aromatic carbocycles. The zero-order valence-electron chi connectivity index (χ0n) is 8.18. The van der Waals surface area contributed by atoms with Crippen LogP contribution in [0.15, 0.2) is 4.79 Å². The topological polar surface area (TPSA) is 110 Å². The van der Waals surface area contributed by atoms with Gasteiger partial charge in [-0.2, -0.15) is 0 Å². The molecule has 1 aliphatic heterocycles. The van der Waals surface area contributed by atoms with E-state index >= 15 is 0 Å². The molecule has 2 heterocycles. The van der Waals surface area contributed by atoms with Gasteiger partial charge in [-0.3, -0.25) is 4.79 Å². The van der Waals surface area contributed by atoms with Crippen LogP contribution in [0.25, 0.3) is 0 Å². The summed E-state index contributed by atoms with van der Waals surface area (Å²) in [5, 5.41) is 9.36. The molecule has 5 N–H and O–H groups in total. The van der Waals surface area contributed by atoms with Crippen LogP contribution in [0, 0.1) is 0 Å². The van der Waals surface area contributed by atoms with Crippen LogP contribution in [-0.4, -0.2) is 28.0 Å². The monoisotopic (exact) mass is 211 g/mol. The van der Waals surface area contributed by atoms with Gasteiger partial charge in [0.15, 0.2) is 11.6 Å². The first kappa shape index (κ1) is 9.63. The largest absolute Gasteiger partial charge is 0.423 e. The Labute approximate surface area is 85.9 Å². The average molecular weight is 211 g/mol. The van der Waals surface area contributed by atoms with Crippen molar-refractivity contribution in [1.29, 1.82) is 0 Å². The first-order valence-electron chi connectivity index (χ1n) is 4.73. The van der Waals surface area contributed by atoms with E-state index in [2.05, 4.69) is 4.98 Å². The zero-order valence-corrected chi connectivity index (χ0v) is 8.18. The van der Waals surface area contributed by atoms with Crippen LogP contribution in [-0.2, 0) is 0 Å². The second-order valence-electron chi connectivity index (χ2n) is 3.52. The van der Waals surface area contributed by atoms with E-state index in [4.69, 9.17) is 11.5 Å². The lowest BCUT2D eigenvalue weighted by Gasteiger charge is -2.16. The Balaban J connectivity index is 2.52. The molecular formula is C8H13N5O2. The first-order chi connectivity index (χ1) is 7.11. The van der Waals surface area contributed by atoms with Gasteiger partial charge in [0.05, 0.1) is 0 Å². The molecule has 0 bridgehead atoms. The molecule has 1 saturated heterocycles. The molecule has 1 fully saturated rings. The van der Waals surface area contributed by atoms with Gasteiger partial charge in [0, 0.05) is 13.1 Å². The molecule has 0 spiro atoms. The summed E-state index contributed by atoms with van der Waals surface area (Å²) in [6, 6.07) is 0. The van der Waals surface area contributed by atoms with Gasteiger partial charge in [-0.25, -0.2) is 4.98 Å². The average Bonchev–Trinajstić information content (AvgIpc) is 2.73. The molecule has 1 aliphatic rings. The van der Waals surface area contributed by atoms with Crippen LogP contribution < -0.4 is 21.9 Å². The van der Waals surface area contributed by atoms with Crippen molar-refractivity contribution in [2.24, 2.45) is 0 Å². The first-order valence-corrected chi connectivity index (χ1v) is 4.73. The van der Waals surface area contributed by atoms with E-state index in [1.54, 1.807) is 4.90 Å². The van der Waals surface area contributed by atoms with Crippen molar-refractivity contribution >= 4 is 17.5 Å². The summed E-state index contributed by atoms with van der Waals surface area (Å²) in [6.45, 7) is 1.51. The fraction of sp³-hybridized carbons (Fsp3) is 0.500. The van der Waals surface area contributed by atoms with Crippen molar-refractivity contribution in [3.8, 4) is 0 Å². The number of hydrogen-bond acceptors (Lipinski definition) is 6. The molecule has 0 saturated carbocycles. The van der Waals surface area contributed by atoms with Gasteiger partial charge < -0.3 is 21.6 Å². The fourth-order valence-corrected chi connectivity index (χ4v) is 1.67. The van der Waals surface area contributed by atoms with E-state index in [9.17, 15) is 10.0 Å². The van der Waals surface area contributed by atoms with Crippen LogP contribution >= 0.6 is 0 Å². The number of anilines is 3. The minimum atomic E-state index is -0.622. The summed E-state index contributed by atoms with van der Waals surface area (Å²) in [5.74, 6) is -0.0800. The number of nitrogens with zero attached hydrogens (tertiary/aromatic N) is 3. The number of aromatic nitrogens is 2. The molecular weight excluding hydrogens is 198 g/mol. The Kier molecular flexibility index (Phi) is 2.14. The Morgan fingerprint density at radius 3 is 2.47 bits per heavy atom. The van der Waals surface area contributed by atoms with Crippen molar-refractivity contribution in [3.63, 3.8) is 0 Å². The van der Waals surface area contributed by atoms with E-state index in [1.165, 1.54) is 0 Å². The summed E-state index contributed by atoms with van der Waals surface area (Å²) in [6.07, 6.45) is 2.02. The minimum Gasteiger partial charge on any atom is -0.423 e. The van der Waals surface area contributed by atoms with Gasteiger partial charge in [-0.1, -0.05) is 0 Å². The highest BCUT2D eigenvalue weighted by atomic mass is 16.5. The van der Waals surface area contributed by atoms with Gasteiger partial charge in [-0.05, 0) is 12.8 Å². The highest BCUT2D eigenvalue weighted by Crippen LogP contribution is 2.17. The second-order valence-corrected chi connectivity index (χ2v) is 3.52. The molecule has 2 rings (SSSR count). The van der Waals surface area contributed by atoms with E-state index in [0.29, 0.717) is 4.73 Å².